The third-order valence-electron chi connectivity index (χ3n) is 3.10. The quantitative estimate of drug-likeness (QED) is 0.852. The van der Waals surface area contributed by atoms with Gasteiger partial charge in [0.15, 0.2) is 6.61 Å². The van der Waals surface area contributed by atoms with Crippen LogP contribution < -0.4 is 15.4 Å². The van der Waals surface area contributed by atoms with Crippen molar-refractivity contribution in [3.05, 3.63) is 35.7 Å². The number of ether oxygens (including phenoxy) is 1. The summed E-state index contributed by atoms with van der Waals surface area (Å²) >= 11 is 0. The van der Waals surface area contributed by atoms with Gasteiger partial charge in [-0.2, -0.15) is 10.1 Å². The van der Waals surface area contributed by atoms with Crippen LogP contribution in [-0.4, -0.2) is 33.8 Å². The molecule has 2 N–H and O–H groups in total. The number of alkyl halides is 2. The second kappa shape index (κ2) is 7.52. The highest BCUT2D eigenvalue weighted by molar-refractivity contribution is 5.88. The van der Waals surface area contributed by atoms with Crippen LogP contribution in [0.4, 0.5) is 19.4 Å². The number of rotatable bonds is 6. The van der Waals surface area contributed by atoms with Crippen LogP contribution in [0.2, 0.25) is 0 Å². The smallest absolute Gasteiger partial charge is 0.320 e. The zero-order valence-corrected chi connectivity index (χ0v) is 12.7. The summed E-state index contributed by atoms with van der Waals surface area (Å²) in [4.78, 5) is 15.7. The van der Waals surface area contributed by atoms with Crippen molar-refractivity contribution in [1.29, 1.82) is 0 Å². The van der Waals surface area contributed by atoms with E-state index in [9.17, 15) is 13.6 Å². The fourth-order valence-electron chi connectivity index (χ4n) is 1.77. The molecule has 23 heavy (non-hydrogen) atoms. The van der Waals surface area contributed by atoms with Crippen molar-refractivity contribution >= 4 is 11.8 Å². The Morgan fingerprint density at radius 3 is 2.87 bits per heavy atom. The number of pyridine rings is 1. The average molecular weight is 325 g/mol. The molecule has 2 aromatic rings. The van der Waals surface area contributed by atoms with Crippen molar-refractivity contribution in [3.63, 3.8) is 0 Å². The lowest BCUT2D eigenvalue weighted by Crippen LogP contribution is -2.28. The van der Waals surface area contributed by atoms with E-state index >= 15 is 0 Å². The summed E-state index contributed by atoms with van der Waals surface area (Å²) in [7, 11) is 1.81. The molecule has 0 fully saturated rings. The molecule has 0 atom stereocenters. The minimum atomic E-state index is -2.58. The van der Waals surface area contributed by atoms with E-state index in [2.05, 4.69) is 20.7 Å². The van der Waals surface area contributed by atoms with E-state index in [1.807, 2.05) is 14.0 Å². The first kappa shape index (κ1) is 16.7. The van der Waals surface area contributed by atoms with Gasteiger partial charge in [-0.15, -0.1) is 0 Å². The number of urea groups is 1. The Morgan fingerprint density at radius 1 is 1.43 bits per heavy atom. The van der Waals surface area contributed by atoms with Crippen LogP contribution >= 0.6 is 0 Å². The van der Waals surface area contributed by atoms with E-state index in [0.717, 1.165) is 11.3 Å². The number of hydrogen-bond acceptors (Lipinski definition) is 4. The molecule has 7 nitrogen and oxygen atoms in total. The first-order valence-electron chi connectivity index (χ1n) is 6.86. The number of halogens is 2. The van der Waals surface area contributed by atoms with Crippen LogP contribution in [0.1, 0.15) is 11.3 Å². The maximum absolute atomic E-state index is 12.1. The molecule has 2 amide bonds. The van der Waals surface area contributed by atoms with Crippen molar-refractivity contribution in [2.45, 2.75) is 19.9 Å². The summed E-state index contributed by atoms with van der Waals surface area (Å²) in [5.74, 6) is 0.225. The van der Waals surface area contributed by atoms with Crippen molar-refractivity contribution in [3.8, 4) is 5.88 Å². The van der Waals surface area contributed by atoms with E-state index < -0.39 is 19.1 Å². The summed E-state index contributed by atoms with van der Waals surface area (Å²) in [5, 5.41) is 9.26. The van der Waals surface area contributed by atoms with Crippen molar-refractivity contribution in [2.24, 2.45) is 7.05 Å². The molecule has 0 unspecified atom stereocenters. The second-order valence-corrected chi connectivity index (χ2v) is 4.75. The van der Waals surface area contributed by atoms with Crippen molar-refractivity contribution < 1.29 is 18.3 Å². The number of carbonyl (C=O) groups excluding carboxylic acids is 1. The predicted molar refractivity (Wildman–Crippen MR) is 79.5 cm³/mol. The monoisotopic (exact) mass is 325 g/mol. The molecule has 0 saturated carbocycles. The molecule has 2 aromatic heterocycles. The largest absolute Gasteiger partial charge is 0.472 e. The van der Waals surface area contributed by atoms with Gasteiger partial charge in [0, 0.05) is 30.9 Å². The van der Waals surface area contributed by atoms with Gasteiger partial charge in [-0.05, 0) is 13.0 Å². The Labute approximate surface area is 131 Å². The number of carbonyl (C=O) groups is 1. The molecule has 9 heteroatoms. The Balaban J connectivity index is 1.87. The summed E-state index contributed by atoms with van der Waals surface area (Å²) in [6.07, 6.45) is -0.911. The number of nitrogens with one attached hydrogen (secondary N) is 2. The maximum Gasteiger partial charge on any atom is 0.320 e. The molecule has 0 spiro atoms. The Hall–Kier alpha value is -2.71. The molecule has 124 valence electrons. The molecular weight excluding hydrogens is 308 g/mol. The lowest BCUT2D eigenvalue weighted by molar-refractivity contribution is 0.0796. The van der Waals surface area contributed by atoms with Gasteiger partial charge in [0.25, 0.3) is 6.43 Å². The van der Waals surface area contributed by atoms with E-state index in [1.54, 1.807) is 16.9 Å². The molecule has 2 rings (SSSR count). The highest BCUT2D eigenvalue weighted by Gasteiger charge is 2.08. The molecule has 2 heterocycles. The number of amides is 2. The lowest BCUT2D eigenvalue weighted by atomic mass is 10.2. The van der Waals surface area contributed by atoms with Crippen LogP contribution in [-0.2, 0) is 13.6 Å². The lowest BCUT2D eigenvalue weighted by Gasteiger charge is -2.09. The van der Waals surface area contributed by atoms with Crippen LogP contribution in [0, 0.1) is 6.92 Å². The maximum atomic E-state index is 12.1. The zero-order valence-electron chi connectivity index (χ0n) is 12.7. The van der Waals surface area contributed by atoms with E-state index in [4.69, 9.17) is 4.74 Å². The number of nitrogens with zero attached hydrogens (tertiary/aromatic N) is 3. The number of anilines is 1. The normalized spacial score (nSPS) is 10.7. The van der Waals surface area contributed by atoms with E-state index in [-0.39, 0.29) is 11.7 Å². The Bertz CT molecular complexity index is 675. The molecule has 0 saturated heterocycles. The fraction of sp³-hybridized carbons (Fsp3) is 0.357. The summed E-state index contributed by atoms with van der Waals surface area (Å²) in [6, 6.07) is 4.05. The Kier molecular flexibility index (Phi) is 5.45. The second-order valence-electron chi connectivity index (χ2n) is 4.75. The van der Waals surface area contributed by atoms with Gasteiger partial charge >= 0.3 is 6.03 Å². The average Bonchev–Trinajstić information content (AvgIpc) is 2.83. The SMILES string of the molecule is Cc1c(CNC(=O)Nc2cccc(OCC(F)F)n2)cnn1C. The summed E-state index contributed by atoms with van der Waals surface area (Å²) in [6.45, 7) is 1.46. The van der Waals surface area contributed by atoms with Crippen molar-refractivity contribution in [1.82, 2.24) is 20.1 Å². The standard InChI is InChI=1S/C14H17F2N5O2/c1-9-10(7-18-21(9)2)6-17-14(22)20-12-4-3-5-13(19-12)23-8-11(15)16/h3-5,7,11H,6,8H2,1-2H3,(H2,17,19,20,22). The van der Waals surface area contributed by atoms with Crippen LogP contribution in [0.15, 0.2) is 24.4 Å². The molecule has 0 aliphatic heterocycles. The summed E-state index contributed by atoms with van der Waals surface area (Å²) in [5.41, 5.74) is 1.84. The summed E-state index contributed by atoms with van der Waals surface area (Å²) < 4.78 is 30.7. The highest BCUT2D eigenvalue weighted by Crippen LogP contribution is 2.12. The van der Waals surface area contributed by atoms with E-state index in [0.29, 0.717) is 6.54 Å². The van der Waals surface area contributed by atoms with Gasteiger partial charge in [-0.25, -0.2) is 13.6 Å². The fourth-order valence-corrected chi connectivity index (χ4v) is 1.77. The molecule has 0 aliphatic carbocycles. The first-order chi connectivity index (χ1) is 11.0. The minimum absolute atomic E-state index is 0.0196. The number of aromatic nitrogens is 3. The number of hydrogen-bond donors (Lipinski definition) is 2. The van der Waals surface area contributed by atoms with Crippen LogP contribution in [0.3, 0.4) is 0 Å². The predicted octanol–water partition coefficient (Wildman–Crippen LogP) is 2.09. The molecule has 0 aliphatic rings. The third-order valence-corrected chi connectivity index (χ3v) is 3.10. The third kappa shape index (κ3) is 4.90. The van der Waals surface area contributed by atoms with Crippen LogP contribution in [0.5, 0.6) is 5.88 Å². The van der Waals surface area contributed by atoms with E-state index in [1.165, 1.54) is 12.1 Å². The van der Waals surface area contributed by atoms with Gasteiger partial charge in [-0.1, -0.05) is 6.07 Å². The molecule has 0 bridgehead atoms. The molecular formula is C14H17F2N5O2. The van der Waals surface area contributed by atoms with Gasteiger partial charge in [0.05, 0.1) is 6.20 Å². The number of aryl methyl sites for hydroxylation is 1. The zero-order chi connectivity index (χ0) is 16.8. The minimum Gasteiger partial charge on any atom is -0.472 e. The molecule has 0 radical (unpaired) electrons. The van der Waals surface area contributed by atoms with Crippen LogP contribution in [0.25, 0.3) is 0 Å². The Morgan fingerprint density at radius 2 is 2.22 bits per heavy atom. The first-order valence-corrected chi connectivity index (χ1v) is 6.86. The topological polar surface area (TPSA) is 81.1 Å². The van der Waals surface area contributed by atoms with Gasteiger partial charge in [0.1, 0.15) is 5.82 Å². The highest BCUT2D eigenvalue weighted by atomic mass is 19.3. The van der Waals surface area contributed by atoms with Gasteiger partial charge in [0.2, 0.25) is 5.88 Å². The van der Waals surface area contributed by atoms with Crippen molar-refractivity contribution in [2.75, 3.05) is 11.9 Å². The van der Waals surface area contributed by atoms with Gasteiger partial charge in [-0.3, -0.25) is 10.00 Å². The molecule has 0 aromatic carbocycles. The van der Waals surface area contributed by atoms with Gasteiger partial charge < -0.3 is 10.1 Å².